The molecule has 35 heavy (non-hydrogen) atoms. The Morgan fingerprint density at radius 3 is 2.40 bits per heavy atom. The number of para-hydroxylation sites is 1. The highest BCUT2D eigenvalue weighted by Crippen LogP contribution is 2.45. The zero-order valence-electron chi connectivity index (χ0n) is 19.5. The molecule has 1 aromatic rings. The largest absolute Gasteiger partial charge is 0.517 e. The first kappa shape index (κ1) is 26.8. The van der Waals surface area contributed by atoms with Gasteiger partial charge in [-0.25, -0.2) is 4.79 Å². The lowest BCUT2D eigenvalue weighted by Gasteiger charge is -2.39. The zero-order chi connectivity index (χ0) is 25.9. The minimum Gasteiger partial charge on any atom is -0.449 e. The second-order valence-electron chi connectivity index (χ2n) is 8.36. The molecule has 1 aliphatic heterocycles. The Hall–Kier alpha value is -2.83. The minimum absolute atomic E-state index is 0.0276. The Balaban J connectivity index is 1.99. The van der Waals surface area contributed by atoms with E-state index in [0.29, 0.717) is 13.0 Å². The van der Waals surface area contributed by atoms with Gasteiger partial charge in [-0.1, -0.05) is 36.2 Å². The van der Waals surface area contributed by atoms with Crippen molar-refractivity contribution in [2.75, 3.05) is 24.1 Å². The molecule has 1 saturated heterocycles. The van der Waals surface area contributed by atoms with Crippen molar-refractivity contribution >= 4 is 33.4 Å². The molecule has 0 N–H and O–H groups in total. The highest BCUT2D eigenvalue weighted by atomic mass is 32.2. The van der Waals surface area contributed by atoms with E-state index in [9.17, 15) is 31.2 Å². The minimum atomic E-state index is -6.12. The molecule has 3 rings (SSSR count). The standard InChI is InChI=1S/C22H28F3N3O6S/c1-3-33-20(30)28(35(31,32)22(23,24)25)17-10-6-5-9-16(17)15-27-14-13-21(11-7-8-12-21)18(19(27)29)26-34-4-2/h5-6,9-10H,3-4,7-8,11-15H2,1-2H3/b26-18-. The summed E-state index contributed by atoms with van der Waals surface area (Å²) in [6.07, 6.45) is 2.38. The molecule has 2 aliphatic rings. The molecule has 1 spiro atoms. The van der Waals surface area contributed by atoms with E-state index in [2.05, 4.69) is 9.89 Å². The van der Waals surface area contributed by atoms with Crippen LogP contribution < -0.4 is 4.31 Å². The number of nitrogens with zero attached hydrogens (tertiary/aromatic N) is 3. The number of rotatable bonds is 7. The van der Waals surface area contributed by atoms with E-state index >= 15 is 0 Å². The fraction of sp³-hybridized carbons (Fsp3) is 0.591. The van der Waals surface area contributed by atoms with Crippen LogP contribution in [0.15, 0.2) is 29.4 Å². The van der Waals surface area contributed by atoms with Gasteiger partial charge in [-0.2, -0.15) is 25.9 Å². The Kier molecular flexibility index (Phi) is 7.97. The van der Waals surface area contributed by atoms with Gasteiger partial charge >= 0.3 is 21.6 Å². The van der Waals surface area contributed by atoms with E-state index in [4.69, 9.17) is 4.84 Å². The van der Waals surface area contributed by atoms with Gasteiger partial charge < -0.3 is 14.5 Å². The maximum Gasteiger partial charge on any atom is 0.517 e. The predicted molar refractivity (Wildman–Crippen MR) is 121 cm³/mol. The Bertz CT molecular complexity index is 1080. The number of carbonyl (C=O) groups excluding carboxylic acids is 2. The summed E-state index contributed by atoms with van der Waals surface area (Å²) in [5.41, 5.74) is -6.40. The maximum absolute atomic E-state index is 13.4. The number of sulfonamides is 1. The predicted octanol–water partition coefficient (Wildman–Crippen LogP) is 4.18. The van der Waals surface area contributed by atoms with Crippen molar-refractivity contribution < 1.29 is 40.8 Å². The third-order valence-corrected chi connectivity index (χ3v) is 7.65. The summed E-state index contributed by atoms with van der Waals surface area (Å²) >= 11 is 0. The molecule has 0 unspecified atom stereocenters. The normalized spacial score (nSPS) is 19.3. The van der Waals surface area contributed by atoms with Gasteiger partial charge in [-0.15, -0.1) is 0 Å². The van der Waals surface area contributed by atoms with Crippen molar-refractivity contribution in [3.8, 4) is 0 Å². The number of oxime groups is 1. The van der Waals surface area contributed by atoms with Gasteiger partial charge in [0.05, 0.1) is 12.3 Å². The Morgan fingerprint density at radius 2 is 1.80 bits per heavy atom. The summed E-state index contributed by atoms with van der Waals surface area (Å²) in [5, 5.41) is 4.09. The van der Waals surface area contributed by atoms with Crippen LogP contribution in [0.1, 0.15) is 51.5 Å². The molecule has 1 aromatic carbocycles. The molecule has 2 fully saturated rings. The Morgan fingerprint density at radius 1 is 1.14 bits per heavy atom. The van der Waals surface area contributed by atoms with Gasteiger partial charge in [0.2, 0.25) is 0 Å². The fourth-order valence-electron chi connectivity index (χ4n) is 4.56. The number of likely N-dealkylation sites (tertiary alicyclic amines) is 1. The highest BCUT2D eigenvalue weighted by Gasteiger charge is 2.54. The lowest BCUT2D eigenvalue weighted by Crippen LogP contribution is -2.51. The van der Waals surface area contributed by atoms with Crippen molar-refractivity contribution in [2.45, 2.75) is 58.0 Å². The molecule has 1 saturated carbocycles. The van der Waals surface area contributed by atoms with Gasteiger partial charge in [0, 0.05) is 18.5 Å². The van der Waals surface area contributed by atoms with Gasteiger partial charge in [-0.3, -0.25) is 4.79 Å². The van der Waals surface area contributed by atoms with Crippen LogP contribution in [0.2, 0.25) is 0 Å². The van der Waals surface area contributed by atoms with Crippen molar-refractivity contribution in [3.63, 3.8) is 0 Å². The van der Waals surface area contributed by atoms with Crippen LogP contribution in [-0.4, -0.2) is 56.3 Å². The molecule has 0 atom stereocenters. The summed E-state index contributed by atoms with van der Waals surface area (Å²) in [5.74, 6) is -0.428. The van der Waals surface area contributed by atoms with Gasteiger partial charge in [-0.05, 0) is 44.7 Å². The number of anilines is 1. The monoisotopic (exact) mass is 519 g/mol. The summed E-state index contributed by atoms with van der Waals surface area (Å²) in [6.45, 7) is 3.06. The smallest absolute Gasteiger partial charge is 0.449 e. The number of hydrogen-bond acceptors (Lipinski definition) is 7. The second-order valence-corrected chi connectivity index (χ2v) is 10.1. The molecular formula is C22H28F3N3O6S. The summed E-state index contributed by atoms with van der Waals surface area (Å²) < 4.78 is 69.1. The second kappa shape index (κ2) is 10.4. The average molecular weight is 520 g/mol. The molecule has 0 radical (unpaired) electrons. The van der Waals surface area contributed by atoms with E-state index < -0.39 is 42.9 Å². The number of benzene rings is 1. The molecule has 2 amide bonds. The lowest BCUT2D eigenvalue weighted by atomic mass is 9.75. The van der Waals surface area contributed by atoms with Crippen molar-refractivity contribution in [3.05, 3.63) is 29.8 Å². The van der Waals surface area contributed by atoms with Crippen LogP contribution in [-0.2, 0) is 30.9 Å². The SMILES string of the molecule is CCO/N=C1/C(=O)N(Cc2ccccc2N(C(=O)OCC)S(=O)(=O)C(F)(F)F)CCC12CCCC2. The molecule has 0 bridgehead atoms. The first-order valence-electron chi connectivity index (χ1n) is 11.3. The van der Waals surface area contributed by atoms with E-state index in [1.54, 1.807) is 6.92 Å². The highest BCUT2D eigenvalue weighted by molar-refractivity contribution is 7.94. The zero-order valence-corrected chi connectivity index (χ0v) is 20.3. The molecule has 194 valence electrons. The van der Waals surface area contributed by atoms with Crippen molar-refractivity contribution in [2.24, 2.45) is 10.6 Å². The van der Waals surface area contributed by atoms with E-state index in [1.165, 1.54) is 30.0 Å². The number of halogens is 3. The number of ether oxygens (including phenoxy) is 1. The molecular weight excluding hydrogens is 491 g/mol. The van der Waals surface area contributed by atoms with Crippen LogP contribution >= 0.6 is 0 Å². The van der Waals surface area contributed by atoms with Crippen LogP contribution in [0.4, 0.5) is 23.7 Å². The van der Waals surface area contributed by atoms with Crippen LogP contribution in [0, 0.1) is 5.41 Å². The van der Waals surface area contributed by atoms with Crippen LogP contribution in [0.5, 0.6) is 0 Å². The number of alkyl halides is 3. The topological polar surface area (TPSA) is 106 Å². The molecule has 1 heterocycles. The third-order valence-electron chi connectivity index (χ3n) is 6.24. The lowest BCUT2D eigenvalue weighted by molar-refractivity contribution is -0.127. The number of amides is 2. The van der Waals surface area contributed by atoms with Crippen molar-refractivity contribution in [1.82, 2.24) is 4.90 Å². The number of piperidine rings is 1. The Labute approximate surface area is 201 Å². The van der Waals surface area contributed by atoms with E-state index in [1.807, 2.05) is 0 Å². The van der Waals surface area contributed by atoms with Crippen LogP contribution in [0.3, 0.4) is 0 Å². The van der Waals surface area contributed by atoms with Gasteiger partial charge in [0.1, 0.15) is 6.61 Å². The van der Waals surface area contributed by atoms with Gasteiger partial charge in [0.25, 0.3) is 5.91 Å². The first-order valence-corrected chi connectivity index (χ1v) is 12.8. The summed E-state index contributed by atoms with van der Waals surface area (Å²) in [6, 6.07) is 5.20. The summed E-state index contributed by atoms with van der Waals surface area (Å²) in [7, 11) is -6.12. The molecule has 0 aromatic heterocycles. The number of hydrogen-bond donors (Lipinski definition) is 0. The average Bonchev–Trinajstić information content (AvgIpc) is 3.25. The molecule has 13 heteroatoms. The molecule has 1 aliphatic carbocycles. The van der Waals surface area contributed by atoms with E-state index in [-0.39, 0.29) is 31.0 Å². The van der Waals surface area contributed by atoms with E-state index in [0.717, 1.165) is 31.7 Å². The summed E-state index contributed by atoms with van der Waals surface area (Å²) in [4.78, 5) is 32.4. The maximum atomic E-state index is 13.4. The molecule has 9 nitrogen and oxygen atoms in total. The fourth-order valence-corrected chi connectivity index (χ4v) is 5.45. The van der Waals surface area contributed by atoms with Crippen molar-refractivity contribution in [1.29, 1.82) is 0 Å². The third kappa shape index (κ3) is 5.24. The number of carbonyl (C=O) groups is 2. The van der Waals surface area contributed by atoms with Crippen LogP contribution in [0.25, 0.3) is 0 Å². The first-order chi connectivity index (χ1) is 16.5. The quantitative estimate of drug-likeness (QED) is 0.501. The van der Waals surface area contributed by atoms with Gasteiger partial charge in [0.15, 0.2) is 5.71 Å².